The number of piperidine rings is 1. The number of hydrogen-bond donors (Lipinski definition) is 3. The summed E-state index contributed by atoms with van der Waals surface area (Å²) in [7, 11) is 0. The first-order valence-electron chi connectivity index (χ1n) is 9.60. The number of carbonyl (C=O) groups excluding carboxylic acids is 3. The van der Waals surface area contributed by atoms with E-state index in [-0.39, 0.29) is 36.5 Å². The molecule has 2 rings (SSSR count). The smallest absolute Gasteiger partial charge is 0.306 e. The van der Waals surface area contributed by atoms with Crippen molar-refractivity contribution in [2.45, 2.75) is 39.0 Å². The molecule has 1 aliphatic rings. The summed E-state index contributed by atoms with van der Waals surface area (Å²) in [5.41, 5.74) is 6.78. The zero-order valence-electron chi connectivity index (χ0n) is 16.5. The molecule has 8 heteroatoms. The van der Waals surface area contributed by atoms with Gasteiger partial charge in [-0.3, -0.25) is 25.1 Å². The molecule has 154 valence electrons. The van der Waals surface area contributed by atoms with Crippen LogP contribution in [-0.2, 0) is 19.1 Å². The van der Waals surface area contributed by atoms with Crippen molar-refractivity contribution in [3.63, 3.8) is 0 Å². The molecule has 1 fully saturated rings. The molecule has 0 radical (unpaired) electrons. The number of hydrogen-bond acceptors (Lipinski definition) is 5. The summed E-state index contributed by atoms with van der Waals surface area (Å²) in [4.78, 5) is 37.8. The van der Waals surface area contributed by atoms with E-state index < -0.39 is 5.92 Å². The van der Waals surface area contributed by atoms with Crippen molar-refractivity contribution < 1.29 is 19.1 Å². The Bertz CT molecular complexity index is 823. The average Bonchev–Trinajstić information content (AvgIpc) is 2.69. The molecule has 29 heavy (non-hydrogen) atoms. The average molecular weight is 398 g/mol. The highest BCUT2D eigenvalue weighted by Crippen LogP contribution is 2.26. The van der Waals surface area contributed by atoms with E-state index in [1.807, 2.05) is 0 Å². The van der Waals surface area contributed by atoms with Crippen molar-refractivity contribution in [2.75, 3.05) is 18.1 Å². The first-order valence-corrected chi connectivity index (χ1v) is 9.60. The van der Waals surface area contributed by atoms with Crippen LogP contribution in [0, 0.1) is 23.3 Å². The SMILES string of the molecule is CCOC(=O)CCC#CNC(=O)CC1CCCN(c2ccc(C(=N)N)cc2)C1=O. The Morgan fingerprint density at radius 3 is 2.72 bits per heavy atom. The molecule has 8 nitrogen and oxygen atoms in total. The van der Waals surface area contributed by atoms with E-state index >= 15 is 0 Å². The van der Waals surface area contributed by atoms with E-state index in [0.717, 1.165) is 12.1 Å². The van der Waals surface area contributed by atoms with Gasteiger partial charge in [0.1, 0.15) is 5.84 Å². The van der Waals surface area contributed by atoms with Crippen molar-refractivity contribution in [3.8, 4) is 12.0 Å². The maximum absolute atomic E-state index is 12.8. The van der Waals surface area contributed by atoms with Crippen LogP contribution in [0.4, 0.5) is 5.69 Å². The van der Waals surface area contributed by atoms with Crippen LogP contribution in [0.1, 0.15) is 44.6 Å². The van der Waals surface area contributed by atoms with Crippen molar-refractivity contribution in [2.24, 2.45) is 11.7 Å². The summed E-state index contributed by atoms with van der Waals surface area (Å²) in [6, 6.07) is 9.45. The number of carbonyl (C=O) groups is 3. The molecular formula is C21H26N4O4. The molecule has 0 aromatic heterocycles. The second kappa shape index (κ2) is 10.9. The van der Waals surface area contributed by atoms with Crippen LogP contribution >= 0.6 is 0 Å². The van der Waals surface area contributed by atoms with Crippen LogP contribution in [0.5, 0.6) is 0 Å². The van der Waals surface area contributed by atoms with Crippen molar-refractivity contribution in [1.29, 1.82) is 5.41 Å². The molecule has 0 spiro atoms. The number of ether oxygens (including phenoxy) is 1. The summed E-state index contributed by atoms with van der Waals surface area (Å²) in [5.74, 6) is 1.52. The zero-order valence-corrected chi connectivity index (χ0v) is 16.5. The molecule has 1 aromatic rings. The number of nitrogen functional groups attached to an aromatic ring is 1. The van der Waals surface area contributed by atoms with Crippen molar-refractivity contribution >= 4 is 29.3 Å². The summed E-state index contributed by atoms with van der Waals surface area (Å²) in [6.45, 7) is 2.65. The van der Waals surface area contributed by atoms with Gasteiger partial charge in [-0.15, -0.1) is 0 Å². The fourth-order valence-electron chi connectivity index (χ4n) is 3.07. The Hall–Kier alpha value is -3.34. The van der Waals surface area contributed by atoms with Gasteiger partial charge in [0.2, 0.25) is 11.8 Å². The van der Waals surface area contributed by atoms with Crippen LogP contribution in [0.25, 0.3) is 0 Å². The topological polar surface area (TPSA) is 126 Å². The number of rotatable bonds is 7. The predicted octanol–water partition coefficient (Wildman–Crippen LogP) is 1.52. The first kappa shape index (κ1) is 22.0. The minimum absolute atomic E-state index is 0.0283. The van der Waals surface area contributed by atoms with Gasteiger partial charge in [-0.25, -0.2) is 0 Å². The minimum Gasteiger partial charge on any atom is -0.466 e. The summed E-state index contributed by atoms with van der Waals surface area (Å²) in [6.07, 6.45) is 1.97. The van der Waals surface area contributed by atoms with Gasteiger partial charge in [0.05, 0.1) is 13.0 Å². The molecule has 1 saturated heterocycles. The van der Waals surface area contributed by atoms with Crippen LogP contribution in [0.2, 0.25) is 0 Å². The molecular weight excluding hydrogens is 372 g/mol. The lowest BCUT2D eigenvalue weighted by Gasteiger charge is -2.32. The molecule has 1 atom stereocenters. The van der Waals surface area contributed by atoms with E-state index in [9.17, 15) is 14.4 Å². The molecule has 0 aliphatic carbocycles. The van der Waals surface area contributed by atoms with Gasteiger partial charge in [-0.2, -0.15) is 0 Å². The van der Waals surface area contributed by atoms with Gasteiger partial charge >= 0.3 is 5.97 Å². The van der Waals surface area contributed by atoms with Gasteiger partial charge in [0, 0.05) is 42.6 Å². The lowest BCUT2D eigenvalue weighted by Crippen LogP contribution is -2.42. The van der Waals surface area contributed by atoms with Crippen LogP contribution in [-0.4, -0.2) is 36.8 Å². The summed E-state index contributed by atoms with van der Waals surface area (Å²) in [5, 5.41) is 9.91. The Morgan fingerprint density at radius 1 is 1.34 bits per heavy atom. The van der Waals surface area contributed by atoms with Crippen molar-refractivity contribution in [3.05, 3.63) is 29.8 Å². The Labute approximate surface area is 170 Å². The van der Waals surface area contributed by atoms with Gasteiger partial charge in [-0.05, 0) is 44.0 Å². The maximum Gasteiger partial charge on any atom is 0.306 e. The van der Waals surface area contributed by atoms with E-state index in [2.05, 4.69) is 17.3 Å². The zero-order chi connectivity index (χ0) is 21.2. The molecule has 0 bridgehead atoms. The fourth-order valence-corrected chi connectivity index (χ4v) is 3.07. The van der Waals surface area contributed by atoms with E-state index in [4.69, 9.17) is 15.9 Å². The van der Waals surface area contributed by atoms with Gasteiger partial charge < -0.3 is 15.4 Å². The quantitative estimate of drug-likeness (QED) is 0.211. The third-order valence-corrected chi connectivity index (χ3v) is 4.52. The number of nitrogens with one attached hydrogen (secondary N) is 2. The van der Waals surface area contributed by atoms with E-state index in [1.54, 1.807) is 36.1 Å². The molecule has 0 saturated carbocycles. The highest BCUT2D eigenvalue weighted by Gasteiger charge is 2.31. The van der Waals surface area contributed by atoms with Crippen LogP contribution in [0.3, 0.4) is 0 Å². The van der Waals surface area contributed by atoms with Crippen LogP contribution in [0.15, 0.2) is 24.3 Å². The third-order valence-electron chi connectivity index (χ3n) is 4.52. The van der Waals surface area contributed by atoms with Gasteiger partial charge in [-0.1, -0.05) is 5.92 Å². The monoisotopic (exact) mass is 398 g/mol. The second-order valence-electron chi connectivity index (χ2n) is 6.65. The van der Waals surface area contributed by atoms with Crippen LogP contribution < -0.4 is 16.0 Å². The van der Waals surface area contributed by atoms with E-state index in [0.29, 0.717) is 31.6 Å². The first-order chi connectivity index (χ1) is 13.9. The Morgan fingerprint density at radius 2 is 2.07 bits per heavy atom. The predicted molar refractivity (Wildman–Crippen MR) is 109 cm³/mol. The van der Waals surface area contributed by atoms with Crippen molar-refractivity contribution in [1.82, 2.24) is 5.32 Å². The number of nitrogens with zero attached hydrogens (tertiary/aromatic N) is 1. The second-order valence-corrected chi connectivity index (χ2v) is 6.65. The minimum atomic E-state index is -0.405. The Kier molecular flexibility index (Phi) is 8.22. The normalized spacial score (nSPS) is 15.8. The van der Waals surface area contributed by atoms with Gasteiger partial charge in [0.25, 0.3) is 0 Å². The highest BCUT2D eigenvalue weighted by molar-refractivity contribution is 5.99. The number of nitrogens with two attached hydrogens (primary N) is 1. The number of esters is 1. The largest absolute Gasteiger partial charge is 0.466 e. The van der Waals surface area contributed by atoms with E-state index in [1.165, 1.54) is 0 Å². The summed E-state index contributed by atoms with van der Waals surface area (Å²) >= 11 is 0. The standard InChI is InChI=1S/C21H26N4O4/c1-2-29-19(27)7-3-4-12-24-18(26)14-16-6-5-13-25(21(16)28)17-10-8-15(9-11-17)20(22)23/h8-11,16H,2-3,5-7,13-14H2,1H3,(H3,22,23)(H,24,26). The molecule has 4 N–H and O–H groups in total. The lowest BCUT2D eigenvalue weighted by molar-refractivity contribution is -0.143. The Balaban J connectivity index is 1.86. The van der Waals surface area contributed by atoms with Gasteiger partial charge in [0.15, 0.2) is 0 Å². The number of anilines is 1. The molecule has 1 unspecified atom stereocenters. The molecule has 1 aromatic carbocycles. The molecule has 1 aliphatic heterocycles. The molecule has 1 heterocycles. The third kappa shape index (κ3) is 6.64. The number of amidine groups is 1. The summed E-state index contributed by atoms with van der Waals surface area (Å²) < 4.78 is 4.79. The number of amides is 2. The highest BCUT2D eigenvalue weighted by atomic mass is 16.5. The maximum atomic E-state index is 12.8. The molecule has 2 amide bonds. The lowest BCUT2D eigenvalue weighted by atomic mass is 9.93. The fraction of sp³-hybridized carbons (Fsp3) is 0.429. The number of benzene rings is 1.